The van der Waals surface area contributed by atoms with Crippen molar-refractivity contribution < 1.29 is 18.0 Å². The zero-order valence-corrected chi connectivity index (χ0v) is 27.7. The molecule has 2 amide bonds. The third kappa shape index (κ3) is 9.41. The molecule has 0 spiro atoms. The summed E-state index contributed by atoms with van der Waals surface area (Å²) in [4.78, 5) is 29.6. The normalized spacial score (nSPS) is 14.3. The standard InChI is InChI=1S/C34H42BrN3O4S/c1-25-15-20-31(22-26(25)2)38(43(3,41)42)21-9-14-33(39)37(24-28-16-18-29(35)19-17-28)32(23-27-10-5-4-6-11-27)34(40)36-30-12-7-8-13-30/h4-6,10-11,15-20,22,30,32H,7-9,12-14,21,23-24H2,1-3H3,(H,36,40). The van der Waals surface area contributed by atoms with Crippen molar-refractivity contribution in [2.45, 2.75) is 77.4 Å². The van der Waals surface area contributed by atoms with Gasteiger partial charge in [0.15, 0.2) is 0 Å². The highest BCUT2D eigenvalue weighted by atomic mass is 79.9. The summed E-state index contributed by atoms with van der Waals surface area (Å²) in [6.45, 7) is 4.37. The van der Waals surface area contributed by atoms with E-state index in [4.69, 9.17) is 0 Å². The van der Waals surface area contributed by atoms with Crippen molar-refractivity contribution in [3.8, 4) is 0 Å². The number of amides is 2. The molecule has 0 radical (unpaired) electrons. The van der Waals surface area contributed by atoms with Gasteiger partial charge in [0.05, 0.1) is 11.9 Å². The van der Waals surface area contributed by atoms with Crippen LogP contribution < -0.4 is 9.62 Å². The van der Waals surface area contributed by atoms with Crippen molar-refractivity contribution in [3.63, 3.8) is 0 Å². The third-order valence-corrected chi connectivity index (χ3v) is 9.89. The molecular weight excluding hydrogens is 626 g/mol. The number of nitrogens with one attached hydrogen (secondary N) is 1. The molecule has 7 nitrogen and oxygen atoms in total. The summed E-state index contributed by atoms with van der Waals surface area (Å²) in [6, 6.07) is 22.5. The molecule has 1 unspecified atom stereocenters. The van der Waals surface area contributed by atoms with Crippen molar-refractivity contribution >= 4 is 43.5 Å². The molecule has 1 saturated carbocycles. The number of nitrogens with zero attached hydrogens (tertiary/aromatic N) is 2. The number of aryl methyl sites for hydroxylation is 2. The SMILES string of the molecule is Cc1ccc(N(CCCC(=O)N(Cc2ccc(Br)cc2)C(Cc2ccccc2)C(=O)NC2CCCC2)S(C)(=O)=O)cc1C. The van der Waals surface area contributed by atoms with Crippen molar-refractivity contribution in [1.29, 1.82) is 0 Å². The Morgan fingerprint density at radius 1 is 0.930 bits per heavy atom. The van der Waals surface area contributed by atoms with Crippen molar-refractivity contribution in [2.75, 3.05) is 17.1 Å². The van der Waals surface area contributed by atoms with E-state index in [0.29, 0.717) is 18.5 Å². The van der Waals surface area contributed by atoms with E-state index in [1.165, 1.54) is 10.6 Å². The van der Waals surface area contributed by atoms with Gasteiger partial charge in [-0.2, -0.15) is 0 Å². The Bertz CT molecular complexity index is 1490. The molecule has 0 heterocycles. The highest BCUT2D eigenvalue weighted by Crippen LogP contribution is 2.24. The molecule has 9 heteroatoms. The largest absolute Gasteiger partial charge is 0.352 e. The van der Waals surface area contributed by atoms with Gasteiger partial charge >= 0.3 is 0 Å². The molecule has 43 heavy (non-hydrogen) atoms. The van der Waals surface area contributed by atoms with E-state index in [1.807, 2.05) is 80.6 Å². The van der Waals surface area contributed by atoms with Crippen LogP contribution in [0.25, 0.3) is 0 Å². The topological polar surface area (TPSA) is 86.8 Å². The number of carbonyl (C=O) groups is 2. The predicted octanol–water partition coefficient (Wildman–Crippen LogP) is 6.31. The molecule has 0 saturated heterocycles. The van der Waals surface area contributed by atoms with Crippen molar-refractivity contribution in [2.24, 2.45) is 0 Å². The van der Waals surface area contributed by atoms with Gasteiger partial charge in [-0.25, -0.2) is 8.42 Å². The first kappa shape index (κ1) is 32.7. The Morgan fingerprint density at radius 3 is 2.23 bits per heavy atom. The average Bonchev–Trinajstić information content (AvgIpc) is 3.48. The van der Waals surface area contributed by atoms with E-state index < -0.39 is 16.1 Å². The molecule has 230 valence electrons. The molecule has 4 rings (SSSR count). The molecule has 1 fully saturated rings. The maximum atomic E-state index is 14.0. The second-order valence-corrected chi connectivity index (χ2v) is 14.4. The molecule has 1 N–H and O–H groups in total. The Morgan fingerprint density at radius 2 is 1.60 bits per heavy atom. The summed E-state index contributed by atoms with van der Waals surface area (Å²) in [5.41, 5.74) is 4.55. The lowest BCUT2D eigenvalue weighted by atomic mass is 10.0. The van der Waals surface area contributed by atoms with Gasteiger partial charge in [-0.3, -0.25) is 13.9 Å². The van der Waals surface area contributed by atoms with Crippen LogP contribution in [0.2, 0.25) is 0 Å². The number of hydrogen-bond donors (Lipinski definition) is 1. The molecule has 0 aliphatic heterocycles. The van der Waals surface area contributed by atoms with Crippen LogP contribution in [0.15, 0.2) is 77.3 Å². The van der Waals surface area contributed by atoms with E-state index in [2.05, 4.69) is 21.2 Å². The van der Waals surface area contributed by atoms with Gasteiger partial charge in [-0.1, -0.05) is 77.3 Å². The molecule has 1 aliphatic carbocycles. The minimum absolute atomic E-state index is 0.107. The van der Waals surface area contributed by atoms with E-state index in [-0.39, 0.29) is 37.4 Å². The third-order valence-electron chi connectivity index (χ3n) is 8.17. The smallest absolute Gasteiger partial charge is 0.243 e. The van der Waals surface area contributed by atoms with Crippen molar-refractivity contribution in [1.82, 2.24) is 10.2 Å². The Labute approximate surface area is 264 Å². The number of sulfonamides is 1. The fourth-order valence-electron chi connectivity index (χ4n) is 5.59. The molecule has 0 aromatic heterocycles. The second kappa shape index (κ2) is 15.0. The maximum Gasteiger partial charge on any atom is 0.243 e. The fourth-order valence-corrected chi connectivity index (χ4v) is 6.81. The summed E-state index contributed by atoms with van der Waals surface area (Å²) in [6.07, 6.45) is 6.08. The van der Waals surface area contributed by atoms with Crippen LogP contribution in [0.5, 0.6) is 0 Å². The van der Waals surface area contributed by atoms with E-state index in [0.717, 1.165) is 52.4 Å². The number of hydrogen-bond acceptors (Lipinski definition) is 4. The maximum absolute atomic E-state index is 14.0. The summed E-state index contributed by atoms with van der Waals surface area (Å²) in [5.74, 6) is -0.326. The first-order chi connectivity index (χ1) is 20.5. The molecule has 1 aliphatic rings. The molecule has 0 bridgehead atoms. The average molecular weight is 669 g/mol. The highest BCUT2D eigenvalue weighted by Gasteiger charge is 2.32. The number of rotatable bonds is 13. The Balaban J connectivity index is 1.58. The molecule has 3 aromatic carbocycles. The van der Waals surface area contributed by atoms with Crippen LogP contribution in [0, 0.1) is 13.8 Å². The van der Waals surface area contributed by atoms with Crippen LogP contribution >= 0.6 is 15.9 Å². The first-order valence-corrected chi connectivity index (χ1v) is 17.6. The summed E-state index contributed by atoms with van der Waals surface area (Å²) in [5, 5.41) is 3.23. The minimum atomic E-state index is -3.56. The lowest BCUT2D eigenvalue weighted by molar-refractivity contribution is -0.141. The van der Waals surface area contributed by atoms with Crippen LogP contribution in [0.3, 0.4) is 0 Å². The van der Waals surface area contributed by atoms with Gasteiger partial charge in [0.1, 0.15) is 6.04 Å². The fraction of sp³-hybridized carbons (Fsp3) is 0.412. The Hall–Kier alpha value is -3.17. The minimum Gasteiger partial charge on any atom is -0.352 e. The van der Waals surface area contributed by atoms with E-state index in [1.54, 1.807) is 11.0 Å². The molecule has 1 atom stereocenters. The quantitative estimate of drug-likeness (QED) is 0.231. The van der Waals surface area contributed by atoms with Gasteiger partial charge in [-0.15, -0.1) is 0 Å². The molecular formula is C34H42BrN3O4S. The lowest BCUT2D eigenvalue weighted by Crippen LogP contribution is -2.52. The van der Waals surface area contributed by atoms with Crippen LogP contribution in [0.1, 0.15) is 60.8 Å². The van der Waals surface area contributed by atoms with Crippen molar-refractivity contribution in [3.05, 3.63) is 99.5 Å². The summed E-state index contributed by atoms with van der Waals surface area (Å²) in [7, 11) is -3.56. The van der Waals surface area contributed by atoms with Crippen LogP contribution in [-0.4, -0.2) is 50.0 Å². The lowest BCUT2D eigenvalue weighted by Gasteiger charge is -2.33. The molecule has 3 aromatic rings. The second-order valence-electron chi connectivity index (χ2n) is 11.6. The van der Waals surface area contributed by atoms with E-state index in [9.17, 15) is 18.0 Å². The number of carbonyl (C=O) groups excluding carboxylic acids is 2. The van der Waals surface area contributed by atoms with Crippen LogP contribution in [-0.2, 0) is 32.6 Å². The first-order valence-electron chi connectivity index (χ1n) is 14.9. The van der Waals surface area contributed by atoms with Gasteiger partial charge in [-0.05, 0) is 79.6 Å². The predicted molar refractivity (Wildman–Crippen MR) is 176 cm³/mol. The number of benzene rings is 3. The van der Waals surface area contributed by atoms with Gasteiger partial charge in [0.2, 0.25) is 21.8 Å². The van der Waals surface area contributed by atoms with E-state index >= 15 is 0 Å². The van der Waals surface area contributed by atoms with Crippen LogP contribution in [0.4, 0.5) is 5.69 Å². The Kier molecular flexibility index (Phi) is 11.4. The number of anilines is 1. The highest BCUT2D eigenvalue weighted by molar-refractivity contribution is 9.10. The number of halogens is 1. The summed E-state index contributed by atoms with van der Waals surface area (Å²) < 4.78 is 27.8. The van der Waals surface area contributed by atoms with Gasteiger partial charge < -0.3 is 10.2 Å². The van der Waals surface area contributed by atoms with Gasteiger partial charge in [0.25, 0.3) is 0 Å². The summed E-state index contributed by atoms with van der Waals surface area (Å²) >= 11 is 3.48. The van der Waals surface area contributed by atoms with Gasteiger partial charge in [0, 0.05) is 36.4 Å². The monoisotopic (exact) mass is 667 g/mol. The zero-order chi connectivity index (χ0) is 31.0. The zero-order valence-electron chi connectivity index (χ0n) is 25.3.